The first-order valence-corrected chi connectivity index (χ1v) is 11.5. The van der Waals surface area contributed by atoms with E-state index in [1.807, 2.05) is 0 Å². The molecule has 0 aromatic rings. The van der Waals surface area contributed by atoms with E-state index in [0.717, 1.165) is 4.48 Å². The summed E-state index contributed by atoms with van der Waals surface area (Å²) in [6, 6.07) is 0. The zero-order chi connectivity index (χ0) is 19.6. The van der Waals surface area contributed by atoms with Crippen LogP contribution < -0.4 is 0 Å². The number of nitrogens with zero attached hydrogens (tertiary/aromatic N) is 2. The van der Waals surface area contributed by atoms with Crippen LogP contribution in [-0.4, -0.2) is 62.8 Å². The maximum atomic E-state index is 2.33. The molecule has 0 unspecified atom stereocenters. The van der Waals surface area contributed by atoms with Crippen molar-refractivity contribution < 1.29 is 8.97 Å². The Morgan fingerprint density at radius 3 is 1.20 bits per heavy atom. The minimum atomic E-state index is 1.12. The molecule has 0 saturated heterocycles. The Balaban J connectivity index is 0. The predicted octanol–water partition coefficient (Wildman–Crippen LogP) is 6.50. The molecule has 25 heavy (non-hydrogen) atoms. The molecule has 2 nitrogen and oxygen atoms in total. The van der Waals surface area contributed by atoms with Crippen molar-refractivity contribution in [2.45, 2.75) is 98.8 Å². The first-order chi connectivity index (χ1) is 11.8. The van der Waals surface area contributed by atoms with Gasteiger partial charge in [-0.2, -0.15) is 0 Å². The average Bonchev–Trinajstić information content (AvgIpc) is 2.59. The monoisotopic (exact) mass is 358 g/mol. The van der Waals surface area contributed by atoms with E-state index >= 15 is 0 Å². The quantitative estimate of drug-likeness (QED) is 0.232. The highest BCUT2D eigenvalue weighted by Gasteiger charge is 2.19. The van der Waals surface area contributed by atoms with Gasteiger partial charge in [0.2, 0.25) is 0 Å². The molecule has 0 aliphatic carbocycles. The molecule has 0 aromatic carbocycles. The van der Waals surface area contributed by atoms with Crippen LogP contribution in [0.4, 0.5) is 0 Å². The zero-order valence-corrected chi connectivity index (χ0v) is 19.5. The lowest BCUT2D eigenvalue weighted by molar-refractivity contribution is -0.923. The summed E-state index contributed by atoms with van der Waals surface area (Å²) >= 11 is 0. The number of quaternary nitrogens is 2. The molecule has 0 spiro atoms. The highest BCUT2D eigenvalue weighted by molar-refractivity contribution is 4.44. The van der Waals surface area contributed by atoms with Crippen molar-refractivity contribution in [1.82, 2.24) is 0 Å². The molecular weight excluding hydrogens is 304 g/mol. The van der Waals surface area contributed by atoms with Gasteiger partial charge in [-0.1, -0.05) is 52.4 Å². The van der Waals surface area contributed by atoms with Gasteiger partial charge in [0, 0.05) is 0 Å². The van der Waals surface area contributed by atoms with Crippen LogP contribution in [0.5, 0.6) is 0 Å². The largest absolute Gasteiger partial charge is 0.331 e. The van der Waals surface area contributed by atoms with E-state index in [9.17, 15) is 0 Å². The van der Waals surface area contributed by atoms with Crippen LogP contribution in [0.25, 0.3) is 0 Å². The van der Waals surface area contributed by atoms with E-state index in [-0.39, 0.29) is 0 Å². The molecule has 0 rings (SSSR count). The SMILES string of the molecule is CCCCCCCC[N+](C)(C)C.CCCCCC[N+](CC)(CC)CC. The summed E-state index contributed by atoms with van der Waals surface area (Å²) in [5.41, 5.74) is 0. The second kappa shape index (κ2) is 17.3. The lowest BCUT2D eigenvalue weighted by atomic mass is 10.1. The summed E-state index contributed by atoms with van der Waals surface area (Å²) in [7, 11) is 6.81. The second-order valence-corrected chi connectivity index (χ2v) is 8.86. The van der Waals surface area contributed by atoms with Crippen molar-refractivity contribution in [2.75, 3.05) is 53.9 Å². The summed E-state index contributed by atoms with van der Waals surface area (Å²) in [6.07, 6.45) is 14.1. The molecule has 0 fully saturated rings. The van der Waals surface area contributed by atoms with Crippen LogP contribution in [0.1, 0.15) is 98.8 Å². The van der Waals surface area contributed by atoms with Gasteiger partial charge < -0.3 is 8.97 Å². The first-order valence-electron chi connectivity index (χ1n) is 11.5. The van der Waals surface area contributed by atoms with E-state index < -0.39 is 0 Å². The molecule has 0 saturated carbocycles. The minimum absolute atomic E-state index is 1.12. The van der Waals surface area contributed by atoms with Gasteiger partial charge in [-0.15, -0.1) is 0 Å². The van der Waals surface area contributed by atoms with Crippen molar-refractivity contribution in [3.8, 4) is 0 Å². The molecule has 0 aromatic heterocycles. The van der Waals surface area contributed by atoms with Gasteiger partial charge in [0.1, 0.15) is 0 Å². The van der Waals surface area contributed by atoms with Crippen molar-refractivity contribution in [1.29, 1.82) is 0 Å². The second-order valence-electron chi connectivity index (χ2n) is 8.86. The van der Waals surface area contributed by atoms with Gasteiger partial charge >= 0.3 is 0 Å². The highest BCUT2D eigenvalue weighted by atomic mass is 15.3. The Hall–Kier alpha value is -0.0800. The summed E-state index contributed by atoms with van der Waals surface area (Å²) in [6.45, 7) is 18.2. The molecule has 2 heteroatoms. The molecule has 0 radical (unpaired) electrons. The fraction of sp³-hybridized carbons (Fsp3) is 1.00. The van der Waals surface area contributed by atoms with E-state index in [1.54, 1.807) is 0 Å². The number of hydrogen-bond acceptors (Lipinski definition) is 0. The summed E-state index contributed by atoms with van der Waals surface area (Å²) < 4.78 is 2.44. The smallest absolute Gasteiger partial charge is 0.0786 e. The number of rotatable bonds is 15. The third-order valence-electron chi connectivity index (χ3n) is 5.68. The molecule has 0 atom stereocenters. The molecule has 0 amide bonds. The lowest BCUT2D eigenvalue weighted by Gasteiger charge is -2.35. The highest BCUT2D eigenvalue weighted by Crippen LogP contribution is 2.10. The Morgan fingerprint density at radius 1 is 0.440 bits per heavy atom. The van der Waals surface area contributed by atoms with Crippen LogP contribution in [-0.2, 0) is 0 Å². The Labute approximate surface area is 162 Å². The average molecular weight is 359 g/mol. The Morgan fingerprint density at radius 2 is 0.800 bits per heavy atom. The van der Waals surface area contributed by atoms with Gasteiger partial charge in [0.25, 0.3) is 0 Å². The lowest BCUT2D eigenvalue weighted by Crippen LogP contribution is -2.48. The van der Waals surface area contributed by atoms with Gasteiger partial charge in [-0.05, 0) is 46.5 Å². The van der Waals surface area contributed by atoms with Gasteiger partial charge in [-0.3, -0.25) is 0 Å². The van der Waals surface area contributed by atoms with Crippen molar-refractivity contribution in [2.24, 2.45) is 0 Å². The van der Waals surface area contributed by atoms with E-state index in [1.165, 1.54) is 101 Å². The molecule has 0 bridgehead atoms. The fourth-order valence-corrected chi connectivity index (χ4v) is 3.39. The van der Waals surface area contributed by atoms with Gasteiger partial charge in [-0.25, -0.2) is 0 Å². The fourth-order valence-electron chi connectivity index (χ4n) is 3.39. The van der Waals surface area contributed by atoms with E-state index in [2.05, 4.69) is 55.8 Å². The minimum Gasteiger partial charge on any atom is -0.331 e. The first kappa shape index (κ1) is 27.1. The van der Waals surface area contributed by atoms with Crippen molar-refractivity contribution >= 4 is 0 Å². The van der Waals surface area contributed by atoms with Crippen LogP contribution in [0.15, 0.2) is 0 Å². The Kier molecular flexibility index (Phi) is 18.8. The predicted molar refractivity (Wildman–Crippen MR) is 117 cm³/mol. The third kappa shape index (κ3) is 18.5. The molecular formula is C23H54N2+2. The third-order valence-corrected chi connectivity index (χ3v) is 5.68. The summed E-state index contributed by atoms with van der Waals surface area (Å²) in [4.78, 5) is 0. The Bertz CT molecular complexity index is 243. The van der Waals surface area contributed by atoms with Crippen molar-refractivity contribution in [3.05, 3.63) is 0 Å². The normalized spacial score (nSPS) is 12.0. The van der Waals surface area contributed by atoms with Crippen LogP contribution >= 0.6 is 0 Å². The molecule has 0 aliphatic rings. The summed E-state index contributed by atoms with van der Waals surface area (Å²) in [5.74, 6) is 0. The van der Waals surface area contributed by atoms with E-state index in [4.69, 9.17) is 0 Å². The van der Waals surface area contributed by atoms with Crippen LogP contribution in [0.2, 0.25) is 0 Å². The van der Waals surface area contributed by atoms with Gasteiger partial charge in [0.15, 0.2) is 0 Å². The molecule has 154 valence electrons. The molecule has 0 N–H and O–H groups in total. The van der Waals surface area contributed by atoms with Crippen LogP contribution in [0, 0.1) is 0 Å². The van der Waals surface area contributed by atoms with Crippen LogP contribution in [0.3, 0.4) is 0 Å². The van der Waals surface area contributed by atoms with E-state index in [0.29, 0.717) is 0 Å². The maximum Gasteiger partial charge on any atom is 0.0786 e. The molecule has 0 aliphatic heterocycles. The maximum absolute atomic E-state index is 2.33. The van der Waals surface area contributed by atoms with Gasteiger partial charge in [0.05, 0.1) is 53.9 Å². The number of unbranched alkanes of at least 4 members (excludes halogenated alkanes) is 8. The van der Waals surface area contributed by atoms with Crippen molar-refractivity contribution in [3.63, 3.8) is 0 Å². The topological polar surface area (TPSA) is 0 Å². The standard InChI is InChI=1S/C12H28N.C11H26N/c1-5-9-10-11-12-13(6-2,7-3)8-4;1-5-6-7-8-9-10-11-12(2,3)4/h5-12H2,1-4H3;5-11H2,1-4H3/q2*+1. The molecule has 0 heterocycles. The zero-order valence-electron chi connectivity index (χ0n) is 19.5. The summed E-state index contributed by atoms with van der Waals surface area (Å²) in [5, 5.41) is 0. The number of hydrogen-bond donors (Lipinski definition) is 0.